The molecule has 0 unspecified atom stereocenters. The Morgan fingerprint density at radius 3 is 1.73 bits per heavy atom. The van der Waals surface area contributed by atoms with Gasteiger partial charge in [-0.3, -0.25) is 0 Å². The molecular formula is C32H41F2NO2. The van der Waals surface area contributed by atoms with Crippen molar-refractivity contribution in [1.82, 2.24) is 0 Å². The number of nitriles is 1. The number of hydrogen-bond donors (Lipinski definition) is 0. The lowest BCUT2D eigenvalue weighted by molar-refractivity contribution is -0.0980. The summed E-state index contributed by atoms with van der Waals surface area (Å²) < 4.78 is 30.1. The molecule has 3 rings (SSSR count). The Bertz CT molecular complexity index is 1020. The molecule has 0 heterocycles. The van der Waals surface area contributed by atoms with E-state index in [-0.39, 0.29) is 5.75 Å². The number of carbonyl (C=O) groups excluding carboxylic acids is 1. The molecule has 0 fully saturated rings. The van der Waals surface area contributed by atoms with Crippen molar-refractivity contribution in [3.63, 3.8) is 0 Å². The van der Waals surface area contributed by atoms with Crippen molar-refractivity contribution < 1.29 is 18.3 Å². The highest BCUT2D eigenvalue weighted by atomic mass is 19.1. The zero-order valence-electron chi connectivity index (χ0n) is 22.9. The van der Waals surface area contributed by atoms with Gasteiger partial charge in [-0.05, 0) is 36.5 Å². The Labute approximate surface area is 222 Å². The van der Waals surface area contributed by atoms with E-state index in [2.05, 4.69) is 67.1 Å². The number of benzene rings is 3. The van der Waals surface area contributed by atoms with E-state index in [0.717, 1.165) is 12.1 Å². The number of carbonyl (C=O) groups is 1. The van der Waals surface area contributed by atoms with E-state index in [9.17, 15) is 8.78 Å². The molecule has 0 atom stereocenters. The zero-order valence-corrected chi connectivity index (χ0v) is 22.9. The van der Waals surface area contributed by atoms with E-state index < -0.39 is 17.2 Å². The third kappa shape index (κ3) is 12.8. The van der Waals surface area contributed by atoms with Gasteiger partial charge in [-0.1, -0.05) is 107 Å². The topological polar surface area (TPSA) is 50.1 Å². The number of hydrogen-bond acceptors (Lipinski definition) is 3. The van der Waals surface area contributed by atoms with Gasteiger partial charge < -0.3 is 9.53 Å². The van der Waals surface area contributed by atoms with E-state index in [4.69, 9.17) is 10.1 Å². The fourth-order valence-corrected chi connectivity index (χ4v) is 3.49. The van der Waals surface area contributed by atoms with Gasteiger partial charge in [0.15, 0.2) is 0 Å². The second-order valence-corrected chi connectivity index (χ2v) is 8.16. The minimum Gasteiger partial charge on any atom is -0.497 e. The van der Waals surface area contributed by atoms with Gasteiger partial charge in [-0.2, -0.15) is 5.26 Å². The van der Waals surface area contributed by atoms with Gasteiger partial charge >= 0.3 is 0 Å². The number of aryl methyl sites for hydroxylation is 2. The van der Waals surface area contributed by atoms with E-state index in [1.54, 1.807) is 0 Å². The highest BCUT2D eigenvalue weighted by molar-refractivity contribution is 5.63. The summed E-state index contributed by atoms with van der Waals surface area (Å²) in [6.45, 7) is 10.4. The second kappa shape index (κ2) is 20.7. The summed E-state index contributed by atoms with van der Waals surface area (Å²) >= 11 is 0. The lowest BCUT2D eigenvalue weighted by Crippen LogP contribution is -1.92. The molecule has 0 spiro atoms. The van der Waals surface area contributed by atoms with Crippen LogP contribution in [0, 0.1) is 29.9 Å². The van der Waals surface area contributed by atoms with Crippen molar-refractivity contribution in [2.24, 2.45) is 0 Å². The van der Waals surface area contributed by atoms with Crippen molar-refractivity contribution >= 4 is 6.79 Å². The van der Waals surface area contributed by atoms with Gasteiger partial charge in [0.1, 0.15) is 35.8 Å². The maximum atomic E-state index is 12.8. The molecule has 0 aliphatic rings. The average Bonchev–Trinajstić information content (AvgIpc) is 2.94. The molecule has 0 saturated heterocycles. The minimum absolute atomic E-state index is 0.0593. The molecule has 0 amide bonds. The Morgan fingerprint density at radius 2 is 1.27 bits per heavy atom. The molecule has 200 valence electrons. The highest BCUT2D eigenvalue weighted by Crippen LogP contribution is 2.21. The van der Waals surface area contributed by atoms with Crippen LogP contribution in [-0.4, -0.2) is 13.9 Å². The van der Waals surface area contributed by atoms with Crippen LogP contribution in [0.2, 0.25) is 0 Å². The van der Waals surface area contributed by atoms with Crippen LogP contribution >= 0.6 is 0 Å². The standard InChI is InChI=1S/C21H28.C8H5F2NO.C2H6.CH2O/c1-3-4-5-6-7-8-9-19-12-16-21(17-13-19)20-14-10-18(2)11-15-20;1-12-5-2-7(9)6(4-11)8(10)3-5;2*1-2/h10-17H,3-9H2,1-2H3;2-3H,1H3;1-2H3;1H2. The molecule has 37 heavy (non-hydrogen) atoms. The van der Waals surface area contributed by atoms with Crippen molar-refractivity contribution in [2.75, 3.05) is 7.11 Å². The maximum absolute atomic E-state index is 12.8. The number of nitrogens with zero attached hydrogens (tertiary/aromatic N) is 1. The number of ether oxygens (including phenoxy) is 1. The lowest BCUT2D eigenvalue weighted by Gasteiger charge is -2.05. The van der Waals surface area contributed by atoms with Crippen molar-refractivity contribution in [1.29, 1.82) is 5.26 Å². The van der Waals surface area contributed by atoms with Gasteiger partial charge in [0.25, 0.3) is 0 Å². The Balaban J connectivity index is 0.000000688. The summed E-state index contributed by atoms with van der Waals surface area (Å²) in [7, 11) is 1.29. The van der Waals surface area contributed by atoms with Crippen LogP contribution in [0.5, 0.6) is 5.75 Å². The van der Waals surface area contributed by atoms with Crippen LogP contribution in [0.15, 0.2) is 60.7 Å². The van der Waals surface area contributed by atoms with E-state index in [0.29, 0.717) is 0 Å². The van der Waals surface area contributed by atoms with E-state index in [1.165, 1.54) is 80.4 Å². The first-order valence-corrected chi connectivity index (χ1v) is 12.9. The third-order valence-corrected chi connectivity index (χ3v) is 5.52. The van der Waals surface area contributed by atoms with Gasteiger partial charge in [0, 0.05) is 12.1 Å². The first-order chi connectivity index (χ1) is 18.0. The minimum atomic E-state index is -0.908. The van der Waals surface area contributed by atoms with Gasteiger partial charge in [-0.15, -0.1) is 0 Å². The predicted octanol–water partition coefficient (Wildman–Crippen LogP) is 9.25. The largest absolute Gasteiger partial charge is 0.497 e. The molecule has 0 aliphatic carbocycles. The van der Waals surface area contributed by atoms with E-state index in [1.807, 2.05) is 20.6 Å². The quantitative estimate of drug-likeness (QED) is 0.270. The number of methoxy groups -OCH3 is 1. The van der Waals surface area contributed by atoms with Crippen LogP contribution in [0.25, 0.3) is 11.1 Å². The molecule has 0 N–H and O–H groups in total. The molecule has 3 aromatic carbocycles. The summed E-state index contributed by atoms with van der Waals surface area (Å²) in [6.07, 6.45) is 9.46. The molecule has 0 saturated carbocycles. The first kappa shape index (κ1) is 33.5. The third-order valence-electron chi connectivity index (χ3n) is 5.52. The molecule has 5 heteroatoms. The van der Waals surface area contributed by atoms with Crippen LogP contribution in [0.3, 0.4) is 0 Å². The normalized spacial score (nSPS) is 9.35. The summed E-state index contributed by atoms with van der Waals surface area (Å²) in [5.41, 5.74) is 4.84. The number of halogens is 2. The SMILES string of the molecule is C=O.CC.CCCCCCCCc1ccc(-c2ccc(C)cc2)cc1.COc1cc(F)c(C#N)c(F)c1. The second-order valence-electron chi connectivity index (χ2n) is 8.16. The van der Waals surface area contributed by atoms with Crippen molar-refractivity contribution in [2.45, 2.75) is 72.6 Å². The molecule has 3 nitrogen and oxygen atoms in total. The average molecular weight is 510 g/mol. The Kier molecular flexibility index (Phi) is 18.7. The van der Waals surface area contributed by atoms with Crippen LogP contribution in [0.1, 0.15) is 76.0 Å². The predicted molar refractivity (Wildman–Crippen MR) is 150 cm³/mol. The summed E-state index contributed by atoms with van der Waals surface area (Å²) in [4.78, 5) is 8.00. The smallest absolute Gasteiger partial charge is 0.147 e. The highest BCUT2D eigenvalue weighted by Gasteiger charge is 2.10. The fraction of sp³-hybridized carbons (Fsp3) is 0.375. The number of rotatable bonds is 9. The number of unbranched alkanes of at least 4 members (excludes halogenated alkanes) is 5. The van der Waals surface area contributed by atoms with Crippen LogP contribution in [-0.2, 0) is 11.2 Å². The Morgan fingerprint density at radius 1 is 0.811 bits per heavy atom. The molecule has 0 aromatic heterocycles. The summed E-state index contributed by atoms with van der Waals surface area (Å²) in [6, 6.07) is 21.2. The van der Waals surface area contributed by atoms with Crippen molar-refractivity contribution in [3.05, 3.63) is 89.0 Å². The van der Waals surface area contributed by atoms with Crippen molar-refractivity contribution in [3.8, 4) is 22.9 Å². The van der Waals surface area contributed by atoms with Crippen LogP contribution < -0.4 is 4.74 Å². The Hall–Kier alpha value is -3.52. The molecule has 3 aromatic rings. The maximum Gasteiger partial charge on any atom is 0.147 e. The van der Waals surface area contributed by atoms with Gasteiger partial charge in [-0.25, -0.2) is 8.78 Å². The first-order valence-electron chi connectivity index (χ1n) is 12.9. The molecule has 0 bridgehead atoms. The van der Waals surface area contributed by atoms with Gasteiger partial charge in [0.2, 0.25) is 0 Å². The molecule has 0 radical (unpaired) electrons. The van der Waals surface area contributed by atoms with E-state index >= 15 is 0 Å². The summed E-state index contributed by atoms with van der Waals surface area (Å²) in [5.74, 6) is -1.76. The molecule has 0 aliphatic heterocycles. The monoisotopic (exact) mass is 509 g/mol. The zero-order chi connectivity index (χ0) is 28.1. The van der Waals surface area contributed by atoms with Gasteiger partial charge in [0.05, 0.1) is 7.11 Å². The summed E-state index contributed by atoms with van der Waals surface area (Å²) in [5, 5.41) is 8.29. The lowest BCUT2D eigenvalue weighted by atomic mass is 10.0. The molecular weight excluding hydrogens is 468 g/mol. The van der Waals surface area contributed by atoms with Crippen LogP contribution in [0.4, 0.5) is 8.78 Å². The fourth-order valence-electron chi connectivity index (χ4n) is 3.49.